The number of nitro groups is 1. The molecule has 0 aliphatic heterocycles. The van der Waals surface area contributed by atoms with Gasteiger partial charge in [-0.15, -0.1) is 0 Å². The maximum Gasteiger partial charge on any atom is 0.273 e. The Kier molecular flexibility index (Phi) is 10.4. The number of nitrogens with zero attached hydrogens (tertiary/aromatic N) is 2. The summed E-state index contributed by atoms with van der Waals surface area (Å²) in [5.41, 5.74) is 1.27. The Balaban J connectivity index is 1.69. The van der Waals surface area contributed by atoms with Crippen LogP contribution in [-0.2, 0) is 20.6 Å². The van der Waals surface area contributed by atoms with Crippen LogP contribution in [0.1, 0.15) is 17.5 Å². The lowest BCUT2D eigenvalue weighted by Gasteiger charge is -2.24. The minimum Gasteiger partial charge on any atom is -0.497 e. The Hall–Kier alpha value is -3.28. The van der Waals surface area contributed by atoms with Crippen molar-refractivity contribution in [2.24, 2.45) is 0 Å². The summed E-state index contributed by atoms with van der Waals surface area (Å²) in [5.74, 6) is 1.54. The molecule has 0 saturated carbocycles. The second kappa shape index (κ2) is 13.5. The molecule has 12 heteroatoms. The standard InChI is InChI=1S/C26H28ClN3O6S2/c1-19-8-13-23(16-25(19)30(32)33)38(34,35)29(21-9-11-22(36-2)12-10-21)17-26(31)28-14-5-15-37-18-20-6-3-4-7-24(20)27/h3-4,6-13,16H,5,14-15,17-18H2,1-2H3,(H,28,31). The van der Waals surface area contributed by atoms with Crippen molar-refractivity contribution in [1.29, 1.82) is 0 Å². The first-order valence-electron chi connectivity index (χ1n) is 11.6. The van der Waals surface area contributed by atoms with Gasteiger partial charge in [-0.05, 0) is 61.1 Å². The van der Waals surface area contributed by atoms with Gasteiger partial charge in [0, 0.05) is 29.0 Å². The van der Waals surface area contributed by atoms with E-state index in [1.807, 2.05) is 24.3 Å². The fourth-order valence-electron chi connectivity index (χ4n) is 3.52. The van der Waals surface area contributed by atoms with Gasteiger partial charge >= 0.3 is 0 Å². The quantitative estimate of drug-likeness (QED) is 0.168. The molecule has 1 amide bonds. The summed E-state index contributed by atoms with van der Waals surface area (Å²) in [4.78, 5) is 23.3. The van der Waals surface area contributed by atoms with Crippen LogP contribution in [-0.4, -0.2) is 45.2 Å². The summed E-state index contributed by atoms with van der Waals surface area (Å²) in [7, 11) is -2.82. The maximum atomic E-state index is 13.6. The van der Waals surface area contributed by atoms with Gasteiger partial charge < -0.3 is 10.1 Å². The number of amides is 1. The molecule has 0 spiro atoms. The van der Waals surface area contributed by atoms with Crippen LogP contribution in [0.15, 0.2) is 71.6 Å². The first kappa shape index (κ1) is 29.3. The Morgan fingerprint density at radius 3 is 2.50 bits per heavy atom. The number of halogens is 1. The van der Waals surface area contributed by atoms with Gasteiger partial charge in [-0.1, -0.05) is 35.9 Å². The molecule has 38 heavy (non-hydrogen) atoms. The van der Waals surface area contributed by atoms with Crippen molar-refractivity contribution >= 4 is 50.7 Å². The molecule has 3 rings (SSSR count). The van der Waals surface area contributed by atoms with E-state index in [9.17, 15) is 23.3 Å². The molecule has 1 N–H and O–H groups in total. The maximum absolute atomic E-state index is 13.6. The van der Waals surface area contributed by atoms with E-state index in [1.54, 1.807) is 23.9 Å². The van der Waals surface area contributed by atoms with Crippen LogP contribution in [0.3, 0.4) is 0 Å². The van der Waals surface area contributed by atoms with Crippen molar-refractivity contribution in [2.75, 3.05) is 30.3 Å². The highest BCUT2D eigenvalue weighted by Crippen LogP contribution is 2.29. The number of ether oxygens (including phenoxy) is 1. The lowest BCUT2D eigenvalue weighted by atomic mass is 10.2. The Morgan fingerprint density at radius 1 is 1.13 bits per heavy atom. The van der Waals surface area contributed by atoms with Crippen molar-refractivity contribution in [1.82, 2.24) is 5.32 Å². The number of sulfonamides is 1. The molecule has 0 heterocycles. The van der Waals surface area contributed by atoms with E-state index in [2.05, 4.69) is 5.32 Å². The first-order valence-corrected chi connectivity index (χ1v) is 14.6. The number of nitro benzene ring substituents is 1. The highest BCUT2D eigenvalue weighted by Gasteiger charge is 2.29. The fourth-order valence-corrected chi connectivity index (χ4v) is 6.21. The Morgan fingerprint density at radius 2 is 1.84 bits per heavy atom. The molecule has 0 unspecified atom stereocenters. The summed E-state index contributed by atoms with van der Waals surface area (Å²) in [6.07, 6.45) is 0.681. The van der Waals surface area contributed by atoms with E-state index in [0.717, 1.165) is 27.4 Å². The predicted octanol–water partition coefficient (Wildman–Crippen LogP) is 5.20. The highest BCUT2D eigenvalue weighted by molar-refractivity contribution is 7.98. The first-order chi connectivity index (χ1) is 18.1. The second-order valence-electron chi connectivity index (χ2n) is 8.26. The summed E-state index contributed by atoms with van der Waals surface area (Å²) in [5, 5.41) is 14.9. The number of carbonyl (C=O) groups excluding carboxylic acids is 1. The van der Waals surface area contributed by atoms with Crippen molar-refractivity contribution in [3.8, 4) is 5.75 Å². The Labute approximate surface area is 231 Å². The second-order valence-corrected chi connectivity index (χ2v) is 11.6. The van der Waals surface area contributed by atoms with Crippen molar-refractivity contribution in [3.05, 3.63) is 93.0 Å². The molecule has 3 aromatic carbocycles. The summed E-state index contributed by atoms with van der Waals surface area (Å²) < 4.78 is 33.2. The zero-order valence-electron chi connectivity index (χ0n) is 20.9. The van der Waals surface area contributed by atoms with Crippen molar-refractivity contribution in [2.45, 2.75) is 24.0 Å². The summed E-state index contributed by atoms with van der Waals surface area (Å²) >= 11 is 7.85. The molecule has 202 valence electrons. The van der Waals surface area contributed by atoms with Gasteiger partial charge in [0.05, 0.1) is 22.6 Å². The minimum atomic E-state index is -4.30. The molecule has 0 radical (unpaired) electrons. The zero-order chi connectivity index (χ0) is 27.7. The van der Waals surface area contributed by atoms with Crippen LogP contribution in [0.25, 0.3) is 0 Å². The number of carbonyl (C=O) groups is 1. The van der Waals surface area contributed by atoms with Gasteiger partial charge in [-0.25, -0.2) is 8.42 Å². The molecule has 0 saturated heterocycles. The van der Waals surface area contributed by atoms with E-state index < -0.39 is 27.4 Å². The van der Waals surface area contributed by atoms with E-state index in [-0.39, 0.29) is 16.3 Å². The molecule has 0 aliphatic carbocycles. The molecule has 0 fully saturated rings. The average molecular weight is 578 g/mol. The van der Waals surface area contributed by atoms with Crippen LogP contribution in [0.2, 0.25) is 5.02 Å². The van der Waals surface area contributed by atoms with Gasteiger partial charge in [-0.2, -0.15) is 11.8 Å². The molecule has 9 nitrogen and oxygen atoms in total. The molecule has 0 aromatic heterocycles. The van der Waals surface area contributed by atoms with Crippen LogP contribution in [0.4, 0.5) is 11.4 Å². The summed E-state index contributed by atoms with van der Waals surface area (Å²) in [6, 6.07) is 17.5. The Bertz CT molecular complexity index is 1380. The van der Waals surface area contributed by atoms with Gasteiger partial charge in [-0.3, -0.25) is 19.2 Å². The number of thioether (sulfide) groups is 1. The minimum absolute atomic E-state index is 0.222. The zero-order valence-corrected chi connectivity index (χ0v) is 23.3. The number of hydrogen-bond acceptors (Lipinski definition) is 7. The van der Waals surface area contributed by atoms with Gasteiger partial charge in [0.25, 0.3) is 15.7 Å². The molecular formula is C26H28ClN3O6S2. The third-order valence-corrected chi connectivity index (χ3v) is 8.85. The third kappa shape index (κ3) is 7.62. The topological polar surface area (TPSA) is 119 Å². The lowest BCUT2D eigenvalue weighted by molar-refractivity contribution is -0.385. The van der Waals surface area contributed by atoms with Crippen LogP contribution >= 0.6 is 23.4 Å². The predicted molar refractivity (Wildman–Crippen MR) is 151 cm³/mol. The molecule has 3 aromatic rings. The monoisotopic (exact) mass is 577 g/mol. The highest BCUT2D eigenvalue weighted by atomic mass is 35.5. The van der Waals surface area contributed by atoms with Gasteiger partial charge in [0.15, 0.2) is 0 Å². The SMILES string of the molecule is COc1ccc(N(CC(=O)NCCCSCc2ccccc2Cl)S(=O)(=O)c2ccc(C)c([N+](=O)[O-])c2)cc1. The lowest BCUT2D eigenvalue weighted by Crippen LogP contribution is -2.41. The van der Waals surface area contributed by atoms with E-state index in [4.69, 9.17) is 16.3 Å². The fraction of sp³-hybridized carbons (Fsp3) is 0.269. The third-order valence-electron chi connectivity index (χ3n) is 5.62. The van der Waals surface area contributed by atoms with Crippen LogP contribution < -0.4 is 14.4 Å². The molecular weight excluding hydrogens is 550 g/mol. The molecule has 0 aliphatic rings. The van der Waals surface area contributed by atoms with E-state index in [0.29, 0.717) is 29.3 Å². The number of hydrogen-bond donors (Lipinski definition) is 1. The van der Waals surface area contributed by atoms with Crippen LogP contribution in [0.5, 0.6) is 5.75 Å². The van der Waals surface area contributed by atoms with Crippen molar-refractivity contribution in [3.63, 3.8) is 0 Å². The number of nitrogens with one attached hydrogen (secondary N) is 1. The number of methoxy groups -OCH3 is 1. The van der Waals surface area contributed by atoms with Crippen LogP contribution in [0, 0.1) is 17.0 Å². The normalized spacial score (nSPS) is 11.1. The van der Waals surface area contributed by atoms with Gasteiger partial charge in [0.1, 0.15) is 12.3 Å². The van der Waals surface area contributed by atoms with E-state index >= 15 is 0 Å². The molecule has 0 atom stereocenters. The van der Waals surface area contributed by atoms with E-state index in [1.165, 1.54) is 38.3 Å². The van der Waals surface area contributed by atoms with Crippen molar-refractivity contribution < 1.29 is 22.9 Å². The summed E-state index contributed by atoms with van der Waals surface area (Å²) in [6.45, 7) is 1.39. The van der Waals surface area contributed by atoms with Gasteiger partial charge in [0.2, 0.25) is 5.91 Å². The number of aryl methyl sites for hydroxylation is 1. The molecule has 0 bridgehead atoms. The average Bonchev–Trinajstić information content (AvgIpc) is 2.90. The largest absolute Gasteiger partial charge is 0.497 e. The number of benzene rings is 3. The smallest absolute Gasteiger partial charge is 0.273 e. The number of rotatable bonds is 13. The number of anilines is 1.